The maximum Gasteiger partial charge on any atom is 0.354 e. The smallest absolute Gasteiger partial charge is 0.354 e. The summed E-state index contributed by atoms with van der Waals surface area (Å²) in [4.78, 5) is 2.25. The quantitative estimate of drug-likeness (QED) is 0.344. The van der Waals surface area contributed by atoms with E-state index in [1.165, 1.54) is 5.57 Å². The number of allylic oxidation sites excluding steroid dienone is 1. The Morgan fingerprint density at radius 1 is 1.10 bits per heavy atom. The highest BCUT2D eigenvalue weighted by Gasteiger charge is 2.63. The van der Waals surface area contributed by atoms with Gasteiger partial charge < -0.3 is 13.9 Å². The molecule has 2 atom stereocenters. The molecule has 0 aliphatic carbocycles. The van der Waals surface area contributed by atoms with Crippen molar-refractivity contribution in [2.75, 3.05) is 13.2 Å². The summed E-state index contributed by atoms with van der Waals surface area (Å²) < 4.78 is 24.3. The lowest BCUT2D eigenvalue weighted by molar-refractivity contribution is 0.216. The molecular formula is C15H32NO3PSi. The molecule has 21 heavy (non-hydrogen) atoms. The van der Waals surface area contributed by atoms with Crippen LogP contribution in [0.2, 0.25) is 19.6 Å². The van der Waals surface area contributed by atoms with E-state index in [-0.39, 0.29) is 5.78 Å². The third kappa shape index (κ3) is 4.44. The van der Waals surface area contributed by atoms with Crippen LogP contribution in [-0.2, 0) is 13.6 Å². The van der Waals surface area contributed by atoms with Gasteiger partial charge in [-0.2, -0.15) is 0 Å². The van der Waals surface area contributed by atoms with Crippen molar-refractivity contribution in [3.63, 3.8) is 0 Å². The Bertz CT molecular complexity index is 404. The van der Waals surface area contributed by atoms with Crippen LogP contribution >= 0.6 is 7.60 Å². The largest absolute Gasteiger partial charge is 0.359 e. The minimum Gasteiger partial charge on any atom is -0.359 e. The standard InChI is InChI=1S/C15H32NO3PSi/c1-8-13(9-2)12-16-14(15(16)21(5,6)7)20(17,18-10-3)19-11-4/h12,14-15H,8-11H2,1-7H3/t14-,15+,16?/m1/s1. The molecule has 0 aromatic carbocycles. The normalized spacial score (nSPS) is 22.3. The molecule has 1 aliphatic heterocycles. The van der Waals surface area contributed by atoms with E-state index in [4.69, 9.17) is 9.05 Å². The summed E-state index contributed by atoms with van der Waals surface area (Å²) in [7, 11) is -4.51. The molecule has 1 aliphatic rings. The van der Waals surface area contributed by atoms with Gasteiger partial charge in [-0.05, 0) is 32.9 Å². The number of nitrogens with zero attached hydrogens (tertiary/aromatic N) is 1. The number of hydrogen-bond acceptors (Lipinski definition) is 4. The van der Waals surface area contributed by atoms with E-state index in [1.54, 1.807) is 0 Å². The molecule has 124 valence electrons. The van der Waals surface area contributed by atoms with Gasteiger partial charge in [-0.15, -0.1) is 0 Å². The summed E-state index contributed by atoms with van der Waals surface area (Å²) in [6, 6.07) is 0. The SMILES string of the molecule is CCOP(=O)(OCC)[C@@H]1[C@H]([Si](C)(C)C)N1C=C(CC)CC. The Balaban J connectivity index is 3.07. The highest BCUT2D eigenvalue weighted by Crippen LogP contribution is 2.64. The summed E-state index contributed by atoms with van der Waals surface area (Å²) in [5.74, 6) is -0.0860. The van der Waals surface area contributed by atoms with Gasteiger partial charge in [0.1, 0.15) is 5.78 Å². The number of rotatable bonds is 9. The Morgan fingerprint density at radius 2 is 1.57 bits per heavy atom. The van der Waals surface area contributed by atoms with E-state index >= 15 is 0 Å². The second kappa shape index (κ2) is 7.45. The fraction of sp³-hybridized carbons (Fsp3) is 0.867. The summed E-state index contributed by atoms with van der Waals surface area (Å²) in [6.45, 7) is 15.9. The van der Waals surface area contributed by atoms with Crippen LogP contribution in [0.4, 0.5) is 0 Å². The first-order valence-electron chi connectivity index (χ1n) is 8.10. The zero-order valence-electron chi connectivity index (χ0n) is 14.7. The average molecular weight is 333 g/mol. The molecule has 0 unspecified atom stereocenters. The van der Waals surface area contributed by atoms with E-state index in [1.807, 2.05) is 13.8 Å². The van der Waals surface area contributed by atoms with Gasteiger partial charge in [-0.25, -0.2) is 0 Å². The molecule has 0 bridgehead atoms. The zero-order valence-corrected chi connectivity index (χ0v) is 16.6. The van der Waals surface area contributed by atoms with Crippen molar-refractivity contribution in [1.29, 1.82) is 0 Å². The molecule has 1 heterocycles. The van der Waals surface area contributed by atoms with Gasteiger partial charge in [0.15, 0.2) is 0 Å². The molecule has 0 spiro atoms. The summed E-state index contributed by atoms with van der Waals surface area (Å²) >= 11 is 0. The molecule has 1 rings (SSSR count). The lowest BCUT2D eigenvalue weighted by Gasteiger charge is -2.18. The molecule has 0 saturated carbocycles. The minimum absolute atomic E-state index is 0.0860. The molecule has 0 aromatic heterocycles. The van der Waals surface area contributed by atoms with Gasteiger partial charge in [-0.1, -0.05) is 39.1 Å². The zero-order chi connectivity index (χ0) is 16.3. The van der Waals surface area contributed by atoms with Crippen LogP contribution in [0.25, 0.3) is 0 Å². The van der Waals surface area contributed by atoms with Crippen LogP contribution in [-0.4, -0.2) is 37.6 Å². The number of hydrogen-bond donors (Lipinski definition) is 0. The van der Waals surface area contributed by atoms with E-state index in [0.717, 1.165) is 12.8 Å². The van der Waals surface area contributed by atoms with Crippen molar-refractivity contribution < 1.29 is 13.6 Å². The van der Waals surface area contributed by atoms with E-state index < -0.39 is 15.7 Å². The van der Waals surface area contributed by atoms with E-state index in [9.17, 15) is 4.57 Å². The van der Waals surface area contributed by atoms with Gasteiger partial charge in [-0.3, -0.25) is 4.57 Å². The minimum atomic E-state index is -3.05. The van der Waals surface area contributed by atoms with E-state index in [0.29, 0.717) is 18.9 Å². The highest BCUT2D eigenvalue weighted by molar-refractivity contribution is 7.55. The summed E-state index contributed by atoms with van der Waals surface area (Å²) in [6.07, 6.45) is 4.27. The molecule has 0 N–H and O–H groups in total. The Morgan fingerprint density at radius 3 is 1.90 bits per heavy atom. The highest BCUT2D eigenvalue weighted by atomic mass is 31.2. The van der Waals surface area contributed by atoms with Crippen molar-refractivity contribution in [3.8, 4) is 0 Å². The molecule has 1 saturated heterocycles. The lowest BCUT2D eigenvalue weighted by atomic mass is 10.2. The van der Waals surface area contributed by atoms with Gasteiger partial charge in [0, 0.05) is 0 Å². The van der Waals surface area contributed by atoms with Crippen molar-refractivity contribution >= 4 is 15.7 Å². The first-order valence-corrected chi connectivity index (χ1v) is 13.3. The van der Waals surface area contributed by atoms with E-state index in [2.05, 4.69) is 44.6 Å². The van der Waals surface area contributed by atoms with Crippen LogP contribution in [0.15, 0.2) is 11.8 Å². The molecule has 4 nitrogen and oxygen atoms in total. The first-order chi connectivity index (χ1) is 9.75. The van der Waals surface area contributed by atoms with Crippen molar-refractivity contribution in [2.24, 2.45) is 0 Å². The topological polar surface area (TPSA) is 38.5 Å². The predicted molar refractivity (Wildman–Crippen MR) is 92.3 cm³/mol. The van der Waals surface area contributed by atoms with Crippen LogP contribution in [0.1, 0.15) is 40.5 Å². The average Bonchev–Trinajstić information content (AvgIpc) is 3.11. The third-order valence-corrected chi connectivity index (χ3v) is 8.99. The fourth-order valence-corrected chi connectivity index (χ4v) is 9.00. The Labute approximate surface area is 131 Å². The maximum atomic E-state index is 13.1. The summed E-state index contributed by atoms with van der Waals surface area (Å²) in [5, 5.41) is 0. The second-order valence-electron chi connectivity index (χ2n) is 6.54. The van der Waals surface area contributed by atoms with Crippen LogP contribution in [0.5, 0.6) is 0 Å². The lowest BCUT2D eigenvalue weighted by Crippen LogP contribution is -2.32. The fourth-order valence-electron chi connectivity index (χ4n) is 2.82. The van der Waals surface area contributed by atoms with Crippen LogP contribution in [0.3, 0.4) is 0 Å². The van der Waals surface area contributed by atoms with Crippen LogP contribution < -0.4 is 0 Å². The Kier molecular flexibility index (Phi) is 6.72. The molecule has 0 amide bonds. The van der Waals surface area contributed by atoms with Crippen molar-refractivity contribution in [1.82, 2.24) is 4.90 Å². The van der Waals surface area contributed by atoms with Crippen molar-refractivity contribution in [2.45, 2.75) is 71.6 Å². The Hall–Kier alpha value is -0.0931. The summed E-state index contributed by atoms with van der Waals surface area (Å²) in [5.41, 5.74) is 1.73. The van der Waals surface area contributed by atoms with Gasteiger partial charge in [0.05, 0.1) is 27.0 Å². The second-order valence-corrected chi connectivity index (χ2v) is 14.0. The third-order valence-electron chi connectivity index (χ3n) is 3.89. The molecule has 0 radical (unpaired) electrons. The predicted octanol–water partition coefficient (Wildman–Crippen LogP) is 4.84. The maximum absolute atomic E-state index is 13.1. The molecule has 0 aromatic rings. The first kappa shape index (κ1) is 19.0. The van der Waals surface area contributed by atoms with Crippen LogP contribution in [0, 0.1) is 0 Å². The van der Waals surface area contributed by atoms with Gasteiger partial charge in [0.2, 0.25) is 0 Å². The monoisotopic (exact) mass is 333 g/mol. The molecule has 6 heteroatoms. The molecular weight excluding hydrogens is 301 g/mol. The van der Waals surface area contributed by atoms with Crippen molar-refractivity contribution in [3.05, 3.63) is 11.8 Å². The molecule has 1 fully saturated rings. The van der Waals surface area contributed by atoms with Gasteiger partial charge >= 0.3 is 7.60 Å². The van der Waals surface area contributed by atoms with Gasteiger partial charge in [0.25, 0.3) is 0 Å².